The van der Waals surface area contributed by atoms with Crippen molar-refractivity contribution in [2.24, 2.45) is 10.8 Å². The first kappa shape index (κ1) is 12.7. The maximum atomic E-state index is 5.39. The van der Waals surface area contributed by atoms with E-state index in [1.54, 1.807) is 0 Å². The molecule has 3 N–H and O–H groups in total. The van der Waals surface area contributed by atoms with Gasteiger partial charge in [0.1, 0.15) is 0 Å². The Balaban J connectivity index is 2.00. The smallest absolute Gasteiger partial charge is 0.231 e. The fraction of sp³-hybridized carbons (Fsp3) is 0.143. The number of benzene rings is 2. The molecular formula is C14H13N3O2S. The lowest BCUT2D eigenvalue weighted by Crippen LogP contribution is -2.25. The van der Waals surface area contributed by atoms with Gasteiger partial charge in [-0.3, -0.25) is 5.43 Å². The van der Waals surface area contributed by atoms with Gasteiger partial charge in [0.15, 0.2) is 16.6 Å². The molecule has 2 aromatic carbocycles. The van der Waals surface area contributed by atoms with Crippen molar-refractivity contribution in [1.82, 2.24) is 5.43 Å². The highest BCUT2D eigenvalue weighted by molar-refractivity contribution is 7.80. The van der Waals surface area contributed by atoms with Gasteiger partial charge < -0.3 is 15.2 Å². The SMILES string of the molecule is C/C(=N/NC(N)=S)c1ccc2cc3c(cc2c1)OCO3. The molecule has 0 fully saturated rings. The molecule has 6 heteroatoms. The summed E-state index contributed by atoms with van der Waals surface area (Å²) in [4.78, 5) is 0. The average Bonchev–Trinajstić information content (AvgIpc) is 2.88. The summed E-state index contributed by atoms with van der Waals surface area (Å²) in [6, 6.07) is 9.99. The van der Waals surface area contributed by atoms with Crippen LogP contribution in [0.5, 0.6) is 11.5 Å². The molecule has 0 unspecified atom stereocenters. The molecule has 0 bridgehead atoms. The molecule has 20 heavy (non-hydrogen) atoms. The molecule has 0 aliphatic carbocycles. The molecular weight excluding hydrogens is 274 g/mol. The molecule has 1 aliphatic heterocycles. The second-order valence-electron chi connectivity index (χ2n) is 4.44. The number of ether oxygens (including phenoxy) is 2. The lowest BCUT2D eigenvalue weighted by Gasteiger charge is -2.05. The van der Waals surface area contributed by atoms with Crippen LogP contribution in [0.15, 0.2) is 35.4 Å². The zero-order valence-electron chi connectivity index (χ0n) is 10.8. The molecule has 1 heterocycles. The third kappa shape index (κ3) is 2.37. The summed E-state index contributed by atoms with van der Waals surface area (Å²) in [5.74, 6) is 1.55. The Morgan fingerprint density at radius 1 is 1.20 bits per heavy atom. The molecule has 102 valence electrons. The van der Waals surface area contributed by atoms with Crippen LogP contribution in [0.1, 0.15) is 12.5 Å². The van der Waals surface area contributed by atoms with Gasteiger partial charge in [-0.1, -0.05) is 12.1 Å². The van der Waals surface area contributed by atoms with E-state index in [1.807, 2.05) is 37.3 Å². The number of thiocarbonyl (C=S) groups is 1. The third-order valence-corrected chi connectivity index (χ3v) is 3.17. The highest BCUT2D eigenvalue weighted by atomic mass is 32.1. The second kappa shape index (κ2) is 4.97. The summed E-state index contributed by atoms with van der Waals surface area (Å²) in [5, 5.41) is 6.42. The molecule has 0 spiro atoms. The number of hydrazone groups is 1. The van der Waals surface area contributed by atoms with E-state index in [4.69, 9.17) is 27.4 Å². The van der Waals surface area contributed by atoms with Crippen LogP contribution in [0.2, 0.25) is 0 Å². The number of nitrogens with two attached hydrogens (primary N) is 1. The minimum Gasteiger partial charge on any atom is -0.454 e. The van der Waals surface area contributed by atoms with E-state index in [2.05, 4.69) is 10.5 Å². The quantitative estimate of drug-likeness (QED) is 0.503. The van der Waals surface area contributed by atoms with Gasteiger partial charge in [-0.2, -0.15) is 5.10 Å². The Morgan fingerprint density at radius 3 is 2.60 bits per heavy atom. The van der Waals surface area contributed by atoms with Gasteiger partial charge in [-0.15, -0.1) is 0 Å². The van der Waals surface area contributed by atoms with Crippen LogP contribution in [-0.2, 0) is 0 Å². The largest absolute Gasteiger partial charge is 0.454 e. The van der Waals surface area contributed by atoms with E-state index in [0.29, 0.717) is 0 Å². The average molecular weight is 287 g/mol. The number of nitrogens with zero attached hydrogens (tertiary/aromatic N) is 1. The van der Waals surface area contributed by atoms with Crippen LogP contribution in [0.4, 0.5) is 0 Å². The minimum atomic E-state index is 0.147. The van der Waals surface area contributed by atoms with Gasteiger partial charge in [-0.05, 0) is 53.7 Å². The Labute approximate surface area is 121 Å². The van der Waals surface area contributed by atoms with E-state index in [-0.39, 0.29) is 11.9 Å². The summed E-state index contributed by atoms with van der Waals surface area (Å²) >= 11 is 4.72. The Bertz CT molecular complexity index is 728. The monoisotopic (exact) mass is 287 g/mol. The van der Waals surface area contributed by atoms with Gasteiger partial charge >= 0.3 is 0 Å². The van der Waals surface area contributed by atoms with Crippen LogP contribution < -0.4 is 20.6 Å². The number of hydrogen-bond donors (Lipinski definition) is 2. The lowest BCUT2D eigenvalue weighted by molar-refractivity contribution is 0.174. The van der Waals surface area contributed by atoms with Gasteiger partial charge in [0, 0.05) is 0 Å². The summed E-state index contributed by atoms with van der Waals surface area (Å²) < 4.78 is 10.8. The van der Waals surface area contributed by atoms with E-state index in [1.165, 1.54) is 0 Å². The molecule has 0 saturated heterocycles. The maximum absolute atomic E-state index is 5.39. The van der Waals surface area contributed by atoms with Crippen molar-refractivity contribution in [3.05, 3.63) is 35.9 Å². The maximum Gasteiger partial charge on any atom is 0.231 e. The predicted octanol–water partition coefficient (Wildman–Crippen LogP) is 2.13. The fourth-order valence-corrected chi connectivity index (χ4v) is 2.11. The first-order valence-electron chi connectivity index (χ1n) is 6.07. The number of rotatable bonds is 2. The molecule has 0 aromatic heterocycles. The summed E-state index contributed by atoms with van der Waals surface area (Å²) in [7, 11) is 0. The van der Waals surface area contributed by atoms with E-state index in [9.17, 15) is 0 Å². The standard InChI is InChI=1S/C14H13N3O2S/c1-8(16-17-14(15)20)9-2-3-10-5-12-13(19-7-18-12)6-11(10)4-9/h2-6H,7H2,1H3,(H3,15,17,20)/b16-8-. The zero-order valence-corrected chi connectivity index (χ0v) is 11.7. The summed E-state index contributed by atoms with van der Waals surface area (Å²) in [6.45, 7) is 2.16. The molecule has 1 aliphatic rings. The predicted molar refractivity (Wildman–Crippen MR) is 82.2 cm³/mol. The highest BCUT2D eigenvalue weighted by Gasteiger charge is 2.14. The van der Waals surface area contributed by atoms with Crippen molar-refractivity contribution in [2.45, 2.75) is 6.92 Å². The molecule has 0 amide bonds. The molecule has 0 saturated carbocycles. The van der Waals surface area contributed by atoms with Gasteiger partial charge in [0.2, 0.25) is 6.79 Å². The van der Waals surface area contributed by atoms with E-state index in [0.717, 1.165) is 33.5 Å². The van der Waals surface area contributed by atoms with Crippen LogP contribution >= 0.6 is 12.2 Å². The van der Waals surface area contributed by atoms with Gasteiger partial charge in [0.05, 0.1) is 5.71 Å². The number of hydrogen-bond acceptors (Lipinski definition) is 4. The second-order valence-corrected chi connectivity index (χ2v) is 4.88. The molecule has 3 rings (SSSR count). The molecule has 0 atom stereocenters. The molecule has 2 aromatic rings. The van der Waals surface area contributed by atoms with Crippen molar-refractivity contribution in [3.8, 4) is 11.5 Å². The number of nitrogens with one attached hydrogen (secondary N) is 1. The van der Waals surface area contributed by atoms with Crippen molar-refractivity contribution < 1.29 is 9.47 Å². The first-order valence-corrected chi connectivity index (χ1v) is 6.48. The van der Waals surface area contributed by atoms with E-state index < -0.39 is 0 Å². The van der Waals surface area contributed by atoms with Crippen molar-refractivity contribution in [1.29, 1.82) is 0 Å². The van der Waals surface area contributed by atoms with Crippen LogP contribution in [-0.4, -0.2) is 17.6 Å². The van der Waals surface area contributed by atoms with Gasteiger partial charge in [0.25, 0.3) is 0 Å². The fourth-order valence-electron chi connectivity index (χ4n) is 2.07. The Morgan fingerprint density at radius 2 is 1.90 bits per heavy atom. The van der Waals surface area contributed by atoms with Crippen LogP contribution in [0.25, 0.3) is 10.8 Å². The molecule has 0 radical (unpaired) electrons. The van der Waals surface area contributed by atoms with Gasteiger partial charge in [-0.25, -0.2) is 0 Å². The molecule has 5 nitrogen and oxygen atoms in total. The van der Waals surface area contributed by atoms with Crippen molar-refractivity contribution in [2.75, 3.05) is 6.79 Å². The normalized spacial score (nSPS) is 13.6. The summed E-state index contributed by atoms with van der Waals surface area (Å²) in [5.41, 5.74) is 9.73. The number of fused-ring (bicyclic) bond motifs is 2. The highest BCUT2D eigenvalue weighted by Crippen LogP contribution is 2.36. The lowest BCUT2D eigenvalue weighted by atomic mass is 10.0. The van der Waals surface area contributed by atoms with Crippen molar-refractivity contribution >= 4 is 33.8 Å². The van der Waals surface area contributed by atoms with Crippen LogP contribution in [0, 0.1) is 0 Å². The zero-order chi connectivity index (χ0) is 14.1. The van der Waals surface area contributed by atoms with Crippen molar-refractivity contribution in [3.63, 3.8) is 0 Å². The summed E-state index contributed by atoms with van der Waals surface area (Å²) in [6.07, 6.45) is 0. The topological polar surface area (TPSA) is 68.9 Å². The Hall–Kier alpha value is -2.34. The Kier molecular flexibility index (Phi) is 3.15. The van der Waals surface area contributed by atoms with E-state index >= 15 is 0 Å². The third-order valence-electron chi connectivity index (χ3n) is 3.08. The first-order chi connectivity index (χ1) is 9.63. The van der Waals surface area contributed by atoms with Crippen LogP contribution in [0.3, 0.4) is 0 Å². The minimum absolute atomic E-state index is 0.147.